The second-order valence-electron chi connectivity index (χ2n) is 6.67. The maximum Gasteiger partial charge on any atom is 0.352 e. The molecule has 0 N–H and O–H groups in total. The highest BCUT2D eigenvalue weighted by atomic mass is 19.1. The van der Waals surface area contributed by atoms with Crippen LogP contribution < -0.4 is 15.3 Å². The van der Waals surface area contributed by atoms with Crippen molar-refractivity contribution in [3.63, 3.8) is 0 Å². The van der Waals surface area contributed by atoms with Crippen LogP contribution in [0.3, 0.4) is 0 Å². The molecule has 1 fully saturated rings. The first-order chi connectivity index (χ1) is 12.5. The molecule has 1 atom stereocenters. The van der Waals surface area contributed by atoms with Gasteiger partial charge in [0.25, 0.3) is 0 Å². The Balaban J connectivity index is 1.55. The fraction of sp³-hybridized carbons (Fsp3) is 0.389. The van der Waals surface area contributed by atoms with Gasteiger partial charge in [-0.15, -0.1) is 0 Å². The van der Waals surface area contributed by atoms with Crippen LogP contribution in [0.4, 0.5) is 10.2 Å². The zero-order valence-electron chi connectivity index (χ0n) is 14.4. The Kier molecular flexibility index (Phi) is 4.09. The molecule has 4 rings (SSSR count). The zero-order valence-corrected chi connectivity index (χ0v) is 14.4. The number of aromatic nitrogens is 2. The zero-order chi connectivity index (χ0) is 18.3. The summed E-state index contributed by atoms with van der Waals surface area (Å²) in [5.41, 5.74) is 0.280. The average Bonchev–Trinajstić information content (AvgIpc) is 2.99. The van der Waals surface area contributed by atoms with Crippen molar-refractivity contribution in [2.45, 2.75) is 19.2 Å². The highest BCUT2D eigenvalue weighted by Gasteiger charge is 2.34. The number of anilines is 1. The van der Waals surface area contributed by atoms with Crippen LogP contribution >= 0.6 is 0 Å². The summed E-state index contributed by atoms with van der Waals surface area (Å²) in [6, 6.07) is 8.07. The second-order valence-corrected chi connectivity index (χ2v) is 6.67. The standard InChI is InChI=1S/C18H18FN5O2/c1-22-4-5-23-14(9-22)10-24-17(23)7-16(21-18(24)25)26-11-12-2-3-15(19)13(6-12)8-20/h2-3,6-7,14H,4-5,9-11H2,1H3. The van der Waals surface area contributed by atoms with Crippen LogP contribution in [0.25, 0.3) is 0 Å². The normalized spacial score (nSPS) is 19.0. The van der Waals surface area contributed by atoms with Crippen molar-refractivity contribution in [3.05, 3.63) is 51.7 Å². The lowest BCUT2D eigenvalue weighted by Crippen LogP contribution is -2.50. The van der Waals surface area contributed by atoms with Crippen LogP contribution in [0.1, 0.15) is 11.1 Å². The lowest BCUT2D eigenvalue weighted by molar-refractivity contribution is 0.268. The Morgan fingerprint density at radius 3 is 3.00 bits per heavy atom. The number of nitrogens with zero attached hydrogens (tertiary/aromatic N) is 5. The third-order valence-corrected chi connectivity index (χ3v) is 4.88. The van der Waals surface area contributed by atoms with Gasteiger partial charge in [-0.05, 0) is 24.7 Å². The minimum atomic E-state index is -0.564. The summed E-state index contributed by atoms with van der Waals surface area (Å²) in [5.74, 6) is 0.504. The van der Waals surface area contributed by atoms with Gasteiger partial charge < -0.3 is 14.5 Å². The number of nitriles is 1. The maximum absolute atomic E-state index is 13.4. The van der Waals surface area contributed by atoms with Crippen molar-refractivity contribution in [2.24, 2.45) is 0 Å². The van der Waals surface area contributed by atoms with E-state index in [0.29, 0.717) is 12.1 Å². The van der Waals surface area contributed by atoms with Crippen molar-refractivity contribution < 1.29 is 9.13 Å². The lowest BCUT2D eigenvalue weighted by Gasteiger charge is -2.36. The number of rotatable bonds is 3. The number of hydrogen-bond acceptors (Lipinski definition) is 6. The van der Waals surface area contributed by atoms with E-state index in [1.54, 1.807) is 22.8 Å². The van der Waals surface area contributed by atoms with Crippen LogP contribution in [-0.2, 0) is 13.2 Å². The lowest BCUT2D eigenvalue weighted by atomic mass is 10.1. The van der Waals surface area contributed by atoms with Gasteiger partial charge >= 0.3 is 5.69 Å². The summed E-state index contributed by atoms with van der Waals surface area (Å²) < 4.78 is 20.7. The van der Waals surface area contributed by atoms with Crippen molar-refractivity contribution in [1.82, 2.24) is 14.5 Å². The highest BCUT2D eigenvalue weighted by Crippen LogP contribution is 2.28. The molecule has 0 amide bonds. The monoisotopic (exact) mass is 355 g/mol. The van der Waals surface area contributed by atoms with Gasteiger partial charge in [-0.2, -0.15) is 10.2 Å². The topological polar surface area (TPSA) is 74.4 Å². The maximum atomic E-state index is 13.4. The van der Waals surface area contributed by atoms with Gasteiger partial charge in [0.15, 0.2) is 0 Å². The molecule has 0 radical (unpaired) electrons. The van der Waals surface area contributed by atoms with Gasteiger partial charge in [-0.25, -0.2) is 9.18 Å². The van der Waals surface area contributed by atoms with E-state index < -0.39 is 5.82 Å². The predicted molar refractivity (Wildman–Crippen MR) is 92.6 cm³/mol. The summed E-state index contributed by atoms with van der Waals surface area (Å²) in [6.45, 7) is 3.44. The molecule has 0 spiro atoms. The smallest absolute Gasteiger partial charge is 0.352 e. The molecular formula is C18H18FN5O2. The van der Waals surface area contributed by atoms with Crippen molar-refractivity contribution in [2.75, 3.05) is 31.6 Å². The molecule has 26 heavy (non-hydrogen) atoms. The molecule has 0 saturated carbocycles. The fourth-order valence-corrected chi connectivity index (χ4v) is 3.54. The highest BCUT2D eigenvalue weighted by molar-refractivity contribution is 5.47. The van der Waals surface area contributed by atoms with Crippen LogP contribution in [-0.4, -0.2) is 47.2 Å². The molecule has 1 unspecified atom stereocenters. The number of ether oxygens (including phenoxy) is 1. The summed E-state index contributed by atoms with van der Waals surface area (Å²) in [6.07, 6.45) is 0. The number of fused-ring (bicyclic) bond motifs is 3. The quantitative estimate of drug-likeness (QED) is 0.817. The summed E-state index contributed by atoms with van der Waals surface area (Å²) in [4.78, 5) is 20.8. The van der Waals surface area contributed by atoms with Gasteiger partial charge in [0.2, 0.25) is 5.88 Å². The minimum absolute atomic E-state index is 0.0339. The summed E-state index contributed by atoms with van der Waals surface area (Å²) in [5, 5.41) is 8.90. The molecule has 1 saturated heterocycles. The molecule has 2 aliphatic heterocycles. The van der Waals surface area contributed by atoms with Crippen LogP contribution in [0.2, 0.25) is 0 Å². The van der Waals surface area contributed by atoms with E-state index in [1.165, 1.54) is 12.1 Å². The Morgan fingerprint density at radius 2 is 2.19 bits per heavy atom. The molecule has 1 aromatic carbocycles. The first-order valence-corrected chi connectivity index (χ1v) is 8.43. The average molecular weight is 355 g/mol. The van der Waals surface area contributed by atoms with Gasteiger partial charge in [0.1, 0.15) is 24.3 Å². The van der Waals surface area contributed by atoms with Gasteiger partial charge in [0, 0.05) is 25.7 Å². The molecule has 1 aromatic heterocycles. The molecule has 3 heterocycles. The van der Waals surface area contributed by atoms with E-state index in [0.717, 1.165) is 25.5 Å². The van der Waals surface area contributed by atoms with Gasteiger partial charge in [-0.3, -0.25) is 4.57 Å². The number of likely N-dealkylation sites (N-methyl/N-ethyl adjacent to an activating group) is 1. The minimum Gasteiger partial charge on any atom is -0.473 e. The molecular weight excluding hydrogens is 337 g/mol. The molecule has 8 heteroatoms. The Hall–Kier alpha value is -2.92. The Morgan fingerprint density at radius 1 is 1.35 bits per heavy atom. The van der Waals surface area contributed by atoms with Crippen molar-refractivity contribution in [3.8, 4) is 11.9 Å². The third-order valence-electron chi connectivity index (χ3n) is 4.88. The van der Waals surface area contributed by atoms with E-state index in [-0.39, 0.29) is 29.8 Å². The third kappa shape index (κ3) is 2.91. The van der Waals surface area contributed by atoms with Crippen molar-refractivity contribution in [1.29, 1.82) is 5.26 Å². The summed E-state index contributed by atoms with van der Waals surface area (Å²) in [7, 11) is 2.08. The number of benzene rings is 1. The predicted octanol–water partition coefficient (Wildman–Crippen LogP) is 0.967. The largest absolute Gasteiger partial charge is 0.473 e. The molecule has 2 aromatic rings. The first kappa shape index (κ1) is 16.5. The van der Waals surface area contributed by atoms with E-state index in [2.05, 4.69) is 21.8 Å². The van der Waals surface area contributed by atoms with E-state index in [9.17, 15) is 9.18 Å². The molecule has 0 bridgehead atoms. The van der Waals surface area contributed by atoms with Crippen LogP contribution in [0.15, 0.2) is 29.1 Å². The van der Waals surface area contributed by atoms with Crippen LogP contribution in [0, 0.1) is 17.1 Å². The van der Waals surface area contributed by atoms with E-state index in [4.69, 9.17) is 10.00 Å². The van der Waals surface area contributed by atoms with Crippen LogP contribution in [0.5, 0.6) is 5.88 Å². The number of hydrogen-bond donors (Lipinski definition) is 0. The van der Waals surface area contributed by atoms with Gasteiger partial charge in [0.05, 0.1) is 18.2 Å². The molecule has 7 nitrogen and oxygen atoms in total. The first-order valence-electron chi connectivity index (χ1n) is 8.43. The Bertz CT molecular complexity index is 952. The molecule has 134 valence electrons. The second kappa shape index (κ2) is 6.42. The number of halogens is 1. The SMILES string of the molecule is CN1CCN2c3cc(OCc4ccc(F)c(C#N)c4)nc(=O)n3CC2C1. The Labute approximate surface area is 149 Å². The van der Waals surface area contributed by atoms with E-state index >= 15 is 0 Å². The summed E-state index contributed by atoms with van der Waals surface area (Å²) >= 11 is 0. The molecule has 0 aliphatic carbocycles. The number of piperazine rings is 1. The fourth-order valence-electron chi connectivity index (χ4n) is 3.54. The van der Waals surface area contributed by atoms with Gasteiger partial charge in [-0.1, -0.05) is 6.07 Å². The van der Waals surface area contributed by atoms with Crippen molar-refractivity contribution >= 4 is 5.82 Å². The van der Waals surface area contributed by atoms with E-state index in [1.807, 2.05) is 0 Å². The molecule has 2 aliphatic rings.